The number of aliphatic hydroxyl groups excluding tert-OH is 1. The Morgan fingerprint density at radius 2 is 2.00 bits per heavy atom. The highest BCUT2D eigenvalue weighted by Gasteiger charge is 2.25. The van der Waals surface area contributed by atoms with Crippen LogP contribution in [-0.4, -0.2) is 18.8 Å². The molecule has 1 rings (SSSR count). The van der Waals surface area contributed by atoms with E-state index in [-0.39, 0.29) is 17.9 Å². The third kappa shape index (κ3) is 4.00. The van der Waals surface area contributed by atoms with Gasteiger partial charge >= 0.3 is 0 Å². The zero-order valence-electron chi connectivity index (χ0n) is 11.0. The lowest BCUT2D eigenvalue weighted by Gasteiger charge is -2.29. The van der Waals surface area contributed by atoms with Crippen molar-refractivity contribution in [3.8, 4) is 5.75 Å². The Hall–Kier alpha value is -0.540. The Bertz CT molecular complexity index is 369. The smallest absolute Gasteiger partial charge is 0.122 e. The number of methoxy groups -OCH3 is 1. The second kappa shape index (κ2) is 5.87. The van der Waals surface area contributed by atoms with Gasteiger partial charge in [-0.1, -0.05) is 36.7 Å². The molecule has 1 atom stereocenters. The summed E-state index contributed by atoms with van der Waals surface area (Å²) < 4.78 is 6.40. The van der Waals surface area contributed by atoms with Crippen LogP contribution in [-0.2, 0) is 6.42 Å². The summed E-state index contributed by atoms with van der Waals surface area (Å²) in [5.74, 6) is 1.11. The number of hydrogen-bond acceptors (Lipinski definition) is 2. The highest BCUT2D eigenvalue weighted by Crippen LogP contribution is 2.32. The number of hydrogen-bond donors (Lipinski definition) is 1. The van der Waals surface area contributed by atoms with Crippen molar-refractivity contribution in [1.29, 1.82) is 0 Å². The molecule has 2 nitrogen and oxygen atoms in total. The number of benzene rings is 1. The molecule has 0 aliphatic carbocycles. The Kier molecular flexibility index (Phi) is 5.02. The molecule has 0 heterocycles. The van der Waals surface area contributed by atoms with Crippen LogP contribution in [0.15, 0.2) is 22.7 Å². The molecule has 96 valence electrons. The molecule has 17 heavy (non-hydrogen) atoms. The van der Waals surface area contributed by atoms with Crippen LogP contribution in [0.2, 0.25) is 0 Å². The fourth-order valence-electron chi connectivity index (χ4n) is 1.82. The quantitative estimate of drug-likeness (QED) is 0.919. The van der Waals surface area contributed by atoms with Gasteiger partial charge in [-0.15, -0.1) is 0 Å². The van der Waals surface area contributed by atoms with Crippen LogP contribution >= 0.6 is 15.9 Å². The molecule has 0 saturated heterocycles. The first kappa shape index (κ1) is 14.5. The SMILES string of the molecule is COc1ccc(Br)cc1CC(CO)C(C)(C)C. The van der Waals surface area contributed by atoms with E-state index in [9.17, 15) is 5.11 Å². The van der Waals surface area contributed by atoms with E-state index in [4.69, 9.17) is 4.74 Å². The van der Waals surface area contributed by atoms with Gasteiger partial charge in [0.25, 0.3) is 0 Å². The summed E-state index contributed by atoms with van der Waals surface area (Å²) in [6.07, 6.45) is 0.822. The van der Waals surface area contributed by atoms with Gasteiger partial charge in [0.05, 0.1) is 7.11 Å². The lowest BCUT2D eigenvalue weighted by Crippen LogP contribution is -2.26. The summed E-state index contributed by atoms with van der Waals surface area (Å²) >= 11 is 3.47. The Balaban J connectivity index is 2.96. The predicted molar refractivity (Wildman–Crippen MR) is 74.4 cm³/mol. The van der Waals surface area contributed by atoms with Crippen LogP contribution in [0.25, 0.3) is 0 Å². The van der Waals surface area contributed by atoms with Crippen molar-refractivity contribution < 1.29 is 9.84 Å². The highest BCUT2D eigenvalue weighted by molar-refractivity contribution is 9.10. The molecule has 1 N–H and O–H groups in total. The minimum Gasteiger partial charge on any atom is -0.496 e. The lowest BCUT2D eigenvalue weighted by molar-refractivity contribution is 0.130. The maximum atomic E-state index is 9.50. The first-order valence-electron chi connectivity index (χ1n) is 5.81. The number of aliphatic hydroxyl groups is 1. The molecule has 0 fully saturated rings. The van der Waals surface area contributed by atoms with Gasteiger partial charge in [-0.2, -0.15) is 0 Å². The average Bonchev–Trinajstić information content (AvgIpc) is 2.24. The van der Waals surface area contributed by atoms with Gasteiger partial charge in [0.2, 0.25) is 0 Å². The Labute approximate surface area is 112 Å². The molecule has 0 bridgehead atoms. The van der Waals surface area contributed by atoms with E-state index >= 15 is 0 Å². The molecule has 1 aromatic rings. The zero-order valence-corrected chi connectivity index (χ0v) is 12.5. The van der Waals surface area contributed by atoms with Crippen molar-refractivity contribution in [2.75, 3.05) is 13.7 Å². The van der Waals surface area contributed by atoms with Gasteiger partial charge in [-0.05, 0) is 41.5 Å². The average molecular weight is 301 g/mol. The molecule has 0 aliphatic heterocycles. The van der Waals surface area contributed by atoms with Gasteiger partial charge in [0.1, 0.15) is 5.75 Å². The minimum atomic E-state index is 0.0854. The first-order valence-corrected chi connectivity index (χ1v) is 6.61. The van der Waals surface area contributed by atoms with E-state index in [1.165, 1.54) is 0 Å². The summed E-state index contributed by atoms with van der Waals surface area (Å²) in [4.78, 5) is 0. The second-order valence-corrected chi connectivity index (χ2v) is 6.32. The summed E-state index contributed by atoms with van der Waals surface area (Å²) in [5, 5.41) is 9.50. The molecule has 0 aliphatic rings. The topological polar surface area (TPSA) is 29.5 Å². The number of halogens is 1. The molecule has 0 spiro atoms. The monoisotopic (exact) mass is 300 g/mol. The summed E-state index contributed by atoms with van der Waals surface area (Å²) in [5.41, 5.74) is 1.22. The molecular weight excluding hydrogens is 280 g/mol. The van der Waals surface area contributed by atoms with Gasteiger partial charge in [-0.3, -0.25) is 0 Å². The molecule has 0 radical (unpaired) electrons. The third-order valence-electron chi connectivity index (χ3n) is 3.15. The zero-order chi connectivity index (χ0) is 13.1. The van der Waals surface area contributed by atoms with Crippen molar-refractivity contribution >= 4 is 15.9 Å². The van der Waals surface area contributed by atoms with Crippen LogP contribution in [0.5, 0.6) is 5.75 Å². The maximum Gasteiger partial charge on any atom is 0.122 e. The molecule has 0 amide bonds. The van der Waals surface area contributed by atoms with E-state index in [1.54, 1.807) is 7.11 Å². The fourth-order valence-corrected chi connectivity index (χ4v) is 2.23. The third-order valence-corrected chi connectivity index (χ3v) is 3.65. The molecule has 1 aromatic carbocycles. The van der Waals surface area contributed by atoms with E-state index < -0.39 is 0 Å². The minimum absolute atomic E-state index is 0.0854. The van der Waals surface area contributed by atoms with Gasteiger partial charge in [-0.25, -0.2) is 0 Å². The van der Waals surface area contributed by atoms with Crippen LogP contribution in [0.3, 0.4) is 0 Å². The van der Waals surface area contributed by atoms with E-state index in [1.807, 2.05) is 12.1 Å². The van der Waals surface area contributed by atoms with Crippen molar-refractivity contribution in [1.82, 2.24) is 0 Å². The summed E-state index contributed by atoms with van der Waals surface area (Å²) in [7, 11) is 1.68. The van der Waals surface area contributed by atoms with E-state index in [0.29, 0.717) is 0 Å². The molecular formula is C14H21BrO2. The molecule has 0 aromatic heterocycles. The first-order chi connectivity index (χ1) is 7.88. The predicted octanol–water partition coefficient (Wildman–Crippen LogP) is 3.65. The molecule has 1 unspecified atom stereocenters. The Morgan fingerprint density at radius 1 is 1.35 bits per heavy atom. The second-order valence-electron chi connectivity index (χ2n) is 5.41. The molecule has 3 heteroatoms. The van der Waals surface area contributed by atoms with E-state index in [0.717, 1.165) is 22.2 Å². The lowest BCUT2D eigenvalue weighted by atomic mass is 9.77. The fraction of sp³-hybridized carbons (Fsp3) is 0.571. The van der Waals surface area contributed by atoms with Crippen LogP contribution in [0.4, 0.5) is 0 Å². The van der Waals surface area contributed by atoms with Gasteiger partial charge in [0.15, 0.2) is 0 Å². The van der Waals surface area contributed by atoms with Crippen molar-refractivity contribution in [2.45, 2.75) is 27.2 Å². The summed E-state index contributed by atoms with van der Waals surface area (Å²) in [6.45, 7) is 6.65. The number of rotatable bonds is 4. The van der Waals surface area contributed by atoms with Crippen molar-refractivity contribution in [3.05, 3.63) is 28.2 Å². The Morgan fingerprint density at radius 3 is 2.47 bits per heavy atom. The van der Waals surface area contributed by atoms with Crippen LogP contribution in [0, 0.1) is 11.3 Å². The molecule has 0 saturated carbocycles. The van der Waals surface area contributed by atoms with Crippen molar-refractivity contribution in [2.24, 2.45) is 11.3 Å². The van der Waals surface area contributed by atoms with E-state index in [2.05, 4.69) is 42.8 Å². The maximum absolute atomic E-state index is 9.50. The normalized spacial score (nSPS) is 13.5. The largest absolute Gasteiger partial charge is 0.496 e. The van der Waals surface area contributed by atoms with Crippen LogP contribution in [0.1, 0.15) is 26.3 Å². The van der Waals surface area contributed by atoms with Gasteiger partial charge in [0, 0.05) is 11.1 Å². The van der Waals surface area contributed by atoms with Gasteiger partial charge < -0.3 is 9.84 Å². The standard InChI is InChI=1S/C14H21BrO2/c1-14(2,3)11(9-16)7-10-8-12(15)5-6-13(10)17-4/h5-6,8,11,16H,7,9H2,1-4H3. The highest BCUT2D eigenvalue weighted by atomic mass is 79.9. The van der Waals surface area contributed by atoms with Crippen molar-refractivity contribution in [3.63, 3.8) is 0 Å². The number of ether oxygens (including phenoxy) is 1. The van der Waals surface area contributed by atoms with Crippen LogP contribution < -0.4 is 4.74 Å². The summed E-state index contributed by atoms with van der Waals surface area (Å²) in [6, 6.07) is 5.98.